The molecule has 3 aliphatic rings. The number of piperidine rings is 1. The Morgan fingerprint density at radius 3 is 2.50 bits per heavy atom. The molecular formula is C19H29N3. The second-order valence-corrected chi connectivity index (χ2v) is 7.96. The van der Waals surface area contributed by atoms with Gasteiger partial charge < -0.3 is 10.6 Å². The van der Waals surface area contributed by atoms with E-state index in [-0.39, 0.29) is 5.54 Å². The third-order valence-corrected chi connectivity index (χ3v) is 6.18. The molecule has 1 saturated carbocycles. The Kier molecular flexibility index (Phi) is 3.75. The van der Waals surface area contributed by atoms with E-state index in [4.69, 9.17) is 5.73 Å². The summed E-state index contributed by atoms with van der Waals surface area (Å²) in [7, 11) is 2.24. The molecule has 2 saturated heterocycles. The molecule has 1 aliphatic carbocycles. The zero-order chi connectivity index (χ0) is 15.2. The molecule has 2 heterocycles. The summed E-state index contributed by atoms with van der Waals surface area (Å²) in [6.45, 7) is 5.11. The maximum atomic E-state index is 6.65. The lowest BCUT2D eigenvalue weighted by Gasteiger charge is -2.47. The first-order chi connectivity index (χ1) is 10.6. The summed E-state index contributed by atoms with van der Waals surface area (Å²) in [5.41, 5.74) is 8.18. The molecule has 120 valence electrons. The van der Waals surface area contributed by atoms with Gasteiger partial charge in [0.2, 0.25) is 0 Å². The molecule has 1 aromatic rings. The normalized spacial score (nSPS) is 34.5. The van der Waals surface area contributed by atoms with Crippen LogP contribution in [-0.2, 0) is 0 Å². The number of nitrogens with two attached hydrogens (primary N) is 1. The Balaban J connectivity index is 1.25. The van der Waals surface area contributed by atoms with Crippen LogP contribution in [0.1, 0.15) is 37.2 Å². The fourth-order valence-corrected chi connectivity index (χ4v) is 4.62. The van der Waals surface area contributed by atoms with Crippen LogP contribution in [0.25, 0.3) is 0 Å². The molecule has 3 fully saturated rings. The molecule has 2 N–H and O–H groups in total. The average Bonchev–Trinajstić information content (AvgIpc) is 3.17. The van der Waals surface area contributed by atoms with Gasteiger partial charge in [0.15, 0.2) is 0 Å². The zero-order valence-corrected chi connectivity index (χ0v) is 13.7. The summed E-state index contributed by atoms with van der Waals surface area (Å²) in [6.07, 6.45) is 5.10. The van der Waals surface area contributed by atoms with E-state index >= 15 is 0 Å². The third kappa shape index (κ3) is 2.82. The number of nitrogens with zero attached hydrogens (tertiary/aromatic N) is 2. The van der Waals surface area contributed by atoms with Crippen LogP contribution in [0, 0.1) is 5.92 Å². The number of benzene rings is 1. The van der Waals surface area contributed by atoms with Crippen molar-refractivity contribution in [3.63, 3.8) is 0 Å². The maximum Gasteiger partial charge on any atom is 0.0234 e. The van der Waals surface area contributed by atoms with E-state index in [2.05, 4.69) is 47.2 Å². The fraction of sp³-hybridized carbons (Fsp3) is 0.684. The molecule has 1 aromatic carbocycles. The predicted octanol–water partition coefficient (Wildman–Crippen LogP) is 2.29. The third-order valence-electron chi connectivity index (χ3n) is 6.18. The van der Waals surface area contributed by atoms with Crippen molar-refractivity contribution >= 4 is 0 Å². The van der Waals surface area contributed by atoms with Crippen molar-refractivity contribution in [2.24, 2.45) is 11.7 Å². The van der Waals surface area contributed by atoms with Crippen LogP contribution in [0.2, 0.25) is 0 Å². The number of hydrogen-bond donors (Lipinski definition) is 1. The van der Waals surface area contributed by atoms with E-state index < -0.39 is 0 Å². The van der Waals surface area contributed by atoms with Crippen molar-refractivity contribution in [2.75, 3.05) is 33.2 Å². The Hall–Kier alpha value is -0.900. The molecular weight excluding hydrogens is 270 g/mol. The minimum absolute atomic E-state index is 0.0882. The Morgan fingerprint density at radius 1 is 1.14 bits per heavy atom. The highest BCUT2D eigenvalue weighted by atomic mass is 15.2. The van der Waals surface area contributed by atoms with Gasteiger partial charge in [-0.2, -0.15) is 0 Å². The molecule has 0 aromatic heterocycles. The molecule has 2 unspecified atom stereocenters. The lowest BCUT2D eigenvalue weighted by atomic mass is 9.86. The van der Waals surface area contributed by atoms with Gasteiger partial charge >= 0.3 is 0 Å². The first kappa shape index (κ1) is 14.7. The fourth-order valence-electron chi connectivity index (χ4n) is 4.62. The second-order valence-electron chi connectivity index (χ2n) is 7.96. The lowest BCUT2D eigenvalue weighted by molar-refractivity contribution is 0.0161. The van der Waals surface area contributed by atoms with Gasteiger partial charge in [-0.15, -0.1) is 0 Å². The topological polar surface area (TPSA) is 32.5 Å². The summed E-state index contributed by atoms with van der Waals surface area (Å²) in [5, 5.41) is 0. The van der Waals surface area contributed by atoms with Gasteiger partial charge in [0.1, 0.15) is 0 Å². The van der Waals surface area contributed by atoms with Crippen LogP contribution in [0.4, 0.5) is 0 Å². The Morgan fingerprint density at radius 2 is 1.82 bits per heavy atom. The highest BCUT2D eigenvalue weighted by Crippen LogP contribution is 2.53. The van der Waals surface area contributed by atoms with Gasteiger partial charge in [0, 0.05) is 30.6 Å². The van der Waals surface area contributed by atoms with Crippen LogP contribution >= 0.6 is 0 Å². The first-order valence-corrected chi connectivity index (χ1v) is 8.90. The molecule has 22 heavy (non-hydrogen) atoms. The maximum absolute atomic E-state index is 6.65. The van der Waals surface area contributed by atoms with Gasteiger partial charge in [-0.25, -0.2) is 0 Å². The lowest BCUT2D eigenvalue weighted by Crippen LogP contribution is -2.56. The van der Waals surface area contributed by atoms with Crippen molar-refractivity contribution < 1.29 is 0 Å². The molecule has 2 aliphatic heterocycles. The smallest absolute Gasteiger partial charge is 0.0234 e. The van der Waals surface area contributed by atoms with Crippen molar-refractivity contribution in [3.8, 4) is 0 Å². The summed E-state index contributed by atoms with van der Waals surface area (Å²) in [5.74, 6) is 1.43. The van der Waals surface area contributed by atoms with Crippen molar-refractivity contribution in [3.05, 3.63) is 35.9 Å². The number of likely N-dealkylation sites (tertiary alicyclic amines) is 2. The first-order valence-electron chi connectivity index (χ1n) is 8.90. The quantitative estimate of drug-likeness (QED) is 0.926. The molecule has 0 spiro atoms. The van der Waals surface area contributed by atoms with Crippen LogP contribution in [0.5, 0.6) is 0 Å². The Labute approximate surface area is 134 Å². The van der Waals surface area contributed by atoms with Gasteiger partial charge in [0.25, 0.3) is 0 Å². The van der Waals surface area contributed by atoms with E-state index in [1.807, 2.05) is 0 Å². The number of hydrogen-bond acceptors (Lipinski definition) is 3. The van der Waals surface area contributed by atoms with Crippen LogP contribution < -0.4 is 5.73 Å². The molecule has 3 nitrogen and oxygen atoms in total. The summed E-state index contributed by atoms with van der Waals surface area (Å²) >= 11 is 0. The van der Waals surface area contributed by atoms with Gasteiger partial charge in [-0.3, -0.25) is 4.90 Å². The van der Waals surface area contributed by atoms with Crippen molar-refractivity contribution in [2.45, 2.75) is 43.2 Å². The largest absolute Gasteiger partial charge is 0.325 e. The van der Waals surface area contributed by atoms with Gasteiger partial charge in [0.05, 0.1) is 0 Å². The zero-order valence-electron chi connectivity index (χ0n) is 13.7. The van der Waals surface area contributed by atoms with Gasteiger partial charge in [-0.05, 0) is 57.3 Å². The monoisotopic (exact) mass is 299 g/mol. The molecule has 2 atom stereocenters. The Bertz CT molecular complexity index is 503. The molecule has 0 amide bonds. The van der Waals surface area contributed by atoms with Gasteiger partial charge in [-0.1, -0.05) is 30.3 Å². The van der Waals surface area contributed by atoms with Crippen molar-refractivity contribution in [1.82, 2.24) is 9.80 Å². The van der Waals surface area contributed by atoms with Crippen LogP contribution in [-0.4, -0.2) is 54.6 Å². The molecule has 3 heteroatoms. The summed E-state index contributed by atoms with van der Waals surface area (Å²) < 4.78 is 0. The minimum atomic E-state index is 0.0882. The SMILES string of the molecule is CN1CCC(N2CC(CC3(N)CC3c3ccccc3)C2)CC1. The average molecular weight is 299 g/mol. The molecule has 0 radical (unpaired) electrons. The van der Waals surface area contributed by atoms with Crippen LogP contribution in [0.15, 0.2) is 30.3 Å². The minimum Gasteiger partial charge on any atom is -0.325 e. The van der Waals surface area contributed by atoms with E-state index in [0.717, 1.165) is 12.0 Å². The predicted molar refractivity (Wildman–Crippen MR) is 90.9 cm³/mol. The highest BCUT2D eigenvalue weighted by Gasteiger charge is 2.53. The van der Waals surface area contributed by atoms with E-state index in [1.54, 1.807) is 0 Å². The standard InChI is InChI=1S/C19H29N3/c1-21-9-7-17(8-10-21)22-13-15(14-22)11-19(20)12-18(19)16-5-3-2-4-6-16/h2-6,15,17-18H,7-14,20H2,1H3. The van der Waals surface area contributed by atoms with E-state index in [0.29, 0.717) is 5.92 Å². The van der Waals surface area contributed by atoms with E-state index in [9.17, 15) is 0 Å². The molecule has 4 rings (SSSR count). The van der Waals surface area contributed by atoms with Crippen molar-refractivity contribution in [1.29, 1.82) is 0 Å². The van der Waals surface area contributed by atoms with E-state index in [1.165, 1.54) is 57.4 Å². The highest BCUT2D eigenvalue weighted by molar-refractivity contribution is 5.33. The van der Waals surface area contributed by atoms with Crippen LogP contribution in [0.3, 0.4) is 0 Å². The summed E-state index contributed by atoms with van der Waals surface area (Å²) in [4.78, 5) is 5.16. The second kappa shape index (κ2) is 5.63. The molecule has 0 bridgehead atoms. The summed E-state index contributed by atoms with van der Waals surface area (Å²) in [6, 6.07) is 11.7. The number of rotatable bonds is 4.